The highest BCUT2D eigenvalue weighted by atomic mass is 32.1. The highest BCUT2D eigenvalue weighted by Gasteiger charge is 2.53. The van der Waals surface area contributed by atoms with Crippen molar-refractivity contribution in [2.24, 2.45) is 0 Å². The molecule has 13 rings (SSSR count). The Labute approximate surface area is 616 Å². The summed E-state index contributed by atoms with van der Waals surface area (Å²) in [5.41, 5.74) is 6.60. The predicted molar refractivity (Wildman–Crippen MR) is 403 cm³/mol. The van der Waals surface area contributed by atoms with Crippen molar-refractivity contribution in [3.05, 3.63) is 208 Å². The zero-order chi connectivity index (χ0) is 74.9. The summed E-state index contributed by atoms with van der Waals surface area (Å²) in [6, 6.07) is 45.3. The summed E-state index contributed by atoms with van der Waals surface area (Å²) in [5.74, 6) is -2.31. The molecule has 0 unspecified atom stereocenters. The van der Waals surface area contributed by atoms with Crippen molar-refractivity contribution in [2.75, 3.05) is 40.1 Å². The third kappa shape index (κ3) is 17.2. The second-order valence-electron chi connectivity index (χ2n) is 28.9. The average Bonchev–Trinajstić information content (AvgIpc) is 1.76. The molecular formula is C80H82BF3N8O11S2. The van der Waals surface area contributed by atoms with Gasteiger partial charge in [0.15, 0.2) is 21.7 Å². The summed E-state index contributed by atoms with van der Waals surface area (Å²) in [7, 11) is -0.774. The number of ether oxygens (including phenoxy) is 4. The molecule has 0 spiro atoms. The predicted octanol–water partition coefficient (Wildman–Crippen LogP) is 17.0. The van der Waals surface area contributed by atoms with E-state index in [0.717, 1.165) is 49.1 Å². The molecule has 6 aromatic carbocycles. The minimum atomic E-state index is -4.56. The van der Waals surface area contributed by atoms with Gasteiger partial charge in [-0.1, -0.05) is 102 Å². The molecule has 0 bridgehead atoms. The smallest absolute Gasteiger partial charge is 0.466 e. The largest absolute Gasteiger partial charge is 0.497 e. The Kier molecular flexibility index (Phi) is 21.5. The first-order valence-electron chi connectivity index (χ1n) is 34.8. The summed E-state index contributed by atoms with van der Waals surface area (Å²) < 4.78 is 79.3. The van der Waals surface area contributed by atoms with E-state index in [1.807, 2.05) is 163 Å². The van der Waals surface area contributed by atoms with Gasteiger partial charge in [-0.05, 0) is 214 Å². The molecule has 2 N–H and O–H groups in total. The van der Waals surface area contributed by atoms with E-state index in [1.165, 1.54) is 46.9 Å². The number of esters is 3. The molecular weight excluding hydrogens is 1380 g/mol. The number of aromatic nitrogens is 4. The Morgan fingerprint density at radius 2 is 1.09 bits per heavy atom. The fourth-order valence-corrected chi connectivity index (χ4v) is 14.4. The molecule has 3 aliphatic heterocycles. The lowest BCUT2D eigenvalue weighted by atomic mass is 9.77. The van der Waals surface area contributed by atoms with E-state index < -0.39 is 65.9 Å². The zero-order valence-electron chi connectivity index (χ0n) is 60.6. The van der Waals surface area contributed by atoms with Crippen LogP contribution in [0.25, 0.3) is 31.6 Å². The van der Waals surface area contributed by atoms with Crippen LogP contribution in [0.4, 0.5) is 35.1 Å². The number of nitrogens with zero attached hydrogens (tertiary/aromatic N) is 6. The SMILES string of the molecule is CC(C)(C)OC(=O)c1nc(N2CCc3cccc(C(=O)Nc4nc5ccccc5s4)c3C2)ccc1B1OC(C)(C)C(C)(C)O1.CCOC(=O)CC[C@H](c1ccc(Oc2cccc(-c3ccc(N4CCc5cccc(C(=O)Nc6nc7ccccc7s6)c5C4)nc3C(=O)OC(C)(C)C)c2C)cc1)C(F)(F)F. The van der Waals surface area contributed by atoms with E-state index in [2.05, 4.69) is 31.6 Å². The number of para-hydroxylation sites is 2. The number of amides is 2. The molecule has 19 nitrogen and oxygen atoms in total. The van der Waals surface area contributed by atoms with E-state index in [0.29, 0.717) is 99.3 Å². The molecule has 0 saturated carbocycles. The van der Waals surface area contributed by atoms with Crippen molar-refractivity contribution in [3.8, 4) is 22.6 Å². The molecule has 7 heterocycles. The van der Waals surface area contributed by atoms with E-state index in [1.54, 1.807) is 45.9 Å². The molecule has 1 fully saturated rings. The van der Waals surface area contributed by atoms with Crippen molar-refractivity contribution in [2.45, 2.75) is 156 Å². The van der Waals surface area contributed by atoms with Gasteiger partial charge in [-0.15, -0.1) is 0 Å². The number of fused-ring (bicyclic) bond motifs is 4. The number of nitrogens with one attached hydrogen (secondary N) is 2. The third-order valence-electron chi connectivity index (χ3n) is 18.6. The van der Waals surface area contributed by atoms with Crippen LogP contribution in [0.15, 0.2) is 152 Å². The zero-order valence-corrected chi connectivity index (χ0v) is 62.2. The normalized spacial score (nSPS) is 15.1. The minimum Gasteiger partial charge on any atom is -0.466 e. The first kappa shape index (κ1) is 74.6. The molecule has 25 heteroatoms. The first-order valence-corrected chi connectivity index (χ1v) is 36.4. The number of hydrogen-bond acceptors (Lipinski definition) is 19. The van der Waals surface area contributed by atoms with Crippen LogP contribution >= 0.6 is 22.7 Å². The van der Waals surface area contributed by atoms with Gasteiger partial charge >= 0.3 is 31.2 Å². The number of rotatable bonds is 17. The molecule has 0 aliphatic carbocycles. The molecule has 544 valence electrons. The number of thiazole rings is 2. The standard InChI is InChI=1S/C47H45F3N4O6S.C33H37BN4O5S/c1-6-58-41(55)24-22-36(47(48,49)50)30-17-19-31(20-18-30)59-38-15-10-12-32(28(38)2)33-21-23-40(52-42(33)44(57)60-46(3,4)5)54-26-25-29-11-9-13-34(35(29)27-54)43(56)53-45-51-37-14-7-8-16-39(37)61-45;1-31(2,3)41-29(40)27-23(34-42-32(4,5)33(6,7)43-34)15-16-26(36-27)38-18-17-20-11-10-12-21(22(20)19-38)28(39)37-30-35-24-13-8-9-14-25(24)44-30/h7-21,23,36H,6,22,24-27H2,1-5H3,(H,51,53,56);8-16H,17-19H2,1-7H3,(H,35,37,39)/t36-;/m1./s1. The lowest BCUT2D eigenvalue weighted by molar-refractivity contribution is -0.156. The Balaban J connectivity index is 0.000000208. The number of hydrogen-bond donors (Lipinski definition) is 2. The van der Waals surface area contributed by atoms with Crippen molar-refractivity contribution >= 4 is 107 Å². The van der Waals surface area contributed by atoms with Gasteiger partial charge in [0, 0.05) is 54.8 Å². The number of anilines is 4. The number of alkyl halides is 3. The van der Waals surface area contributed by atoms with Crippen LogP contribution in [0.3, 0.4) is 0 Å². The fraction of sp³-hybridized carbons (Fsp3) is 0.338. The molecule has 1 saturated heterocycles. The molecule has 10 aromatic rings. The first-order chi connectivity index (χ1) is 49.8. The fourth-order valence-electron chi connectivity index (χ4n) is 12.7. The number of carbonyl (C=O) groups excluding carboxylic acids is 5. The maximum atomic E-state index is 14.0. The van der Waals surface area contributed by atoms with Gasteiger partial charge in [0.1, 0.15) is 34.3 Å². The van der Waals surface area contributed by atoms with Gasteiger partial charge in [-0.3, -0.25) is 25.0 Å². The molecule has 3 aliphatic rings. The van der Waals surface area contributed by atoms with Gasteiger partial charge in [0.05, 0.1) is 44.2 Å². The lowest BCUT2D eigenvalue weighted by Crippen LogP contribution is -2.41. The molecule has 1 atom stereocenters. The van der Waals surface area contributed by atoms with Gasteiger partial charge in [-0.25, -0.2) is 29.5 Å². The Morgan fingerprint density at radius 1 is 0.590 bits per heavy atom. The van der Waals surface area contributed by atoms with Crippen molar-refractivity contribution in [1.29, 1.82) is 0 Å². The van der Waals surface area contributed by atoms with Crippen LogP contribution in [0.5, 0.6) is 11.5 Å². The Bertz CT molecular complexity index is 4870. The highest BCUT2D eigenvalue weighted by Crippen LogP contribution is 2.42. The second-order valence-corrected chi connectivity index (χ2v) is 31.0. The van der Waals surface area contributed by atoms with Crippen molar-refractivity contribution < 1.29 is 65.4 Å². The van der Waals surface area contributed by atoms with Crippen molar-refractivity contribution in [3.63, 3.8) is 0 Å². The maximum Gasteiger partial charge on any atom is 0.497 e. The van der Waals surface area contributed by atoms with Gasteiger partial charge < -0.3 is 38.1 Å². The lowest BCUT2D eigenvalue weighted by Gasteiger charge is -2.32. The highest BCUT2D eigenvalue weighted by molar-refractivity contribution is 7.22. The summed E-state index contributed by atoms with van der Waals surface area (Å²) >= 11 is 2.86. The van der Waals surface area contributed by atoms with Gasteiger partial charge in [0.25, 0.3) is 11.8 Å². The van der Waals surface area contributed by atoms with E-state index >= 15 is 0 Å². The molecule has 105 heavy (non-hydrogen) atoms. The van der Waals surface area contributed by atoms with Crippen LogP contribution in [-0.4, -0.2) is 105 Å². The van der Waals surface area contributed by atoms with Crippen LogP contribution in [0.2, 0.25) is 0 Å². The topological polar surface area (TPSA) is 223 Å². The monoisotopic (exact) mass is 1460 g/mol. The van der Waals surface area contributed by atoms with Crippen molar-refractivity contribution in [1.82, 2.24) is 19.9 Å². The van der Waals surface area contributed by atoms with E-state index in [9.17, 15) is 37.1 Å². The summed E-state index contributed by atoms with van der Waals surface area (Å²) in [5, 5.41) is 7.05. The number of halogens is 3. The number of pyridine rings is 2. The second kappa shape index (κ2) is 30.2. The molecule has 4 aromatic heterocycles. The number of benzene rings is 6. The molecule has 0 radical (unpaired) electrons. The van der Waals surface area contributed by atoms with Crippen LogP contribution < -0.4 is 30.6 Å². The Morgan fingerprint density at radius 3 is 1.59 bits per heavy atom. The maximum absolute atomic E-state index is 14.0. The minimum absolute atomic E-state index is 0.00364. The van der Waals surface area contributed by atoms with Crippen LogP contribution in [-0.2, 0) is 54.2 Å². The van der Waals surface area contributed by atoms with Gasteiger partial charge in [0.2, 0.25) is 0 Å². The van der Waals surface area contributed by atoms with Gasteiger partial charge in [-0.2, -0.15) is 13.2 Å². The number of carbonyl (C=O) groups is 5. The van der Waals surface area contributed by atoms with E-state index in [4.69, 9.17) is 38.2 Å². The van der Waals surface area contributed by atoms with E-state index in [-0.39, 0.29) is 41.8 Å². The average molecular weight is 1460 g/mol. The summed E-state index contributed by atoms with van der Waals surface area (Å²) in [6.45, 7) is 24.3. The Hall–Kier alpha value is -10.1. The van der Waals surface area contributed by atoms with Crippen LogP contribution in [0.1, 0.15) is 170 Å². The third-order valence-corrected chi connectivity index (χ3v) is 20.5. The van der Waals surface area contributed by atoms with Crippen LogP contribution in [0, 0.1) is 6.92 Å². The quantitative estimate of drug-likeness (QED) is 0.0491. The molecule has 2 amide bonds. The summed E-state index contributed by atoms with van der Waals surface area (Å²) in [6.07, 6.45) is -3.99. The summed E-state index contributed by atoms with van der Waals surface area (Å²) in [4.78, 5) is 89.5.